The number of aliphatic hydroxyl groups is 2. The van der Waals surface area contributed by atoms with E-state index in [2.05, 4.69) is 11.9 Å². The van der Waals surface area contributed by atoms with Crippen molar-refractivity contribution in [2.45, 2.75) is 109 Å². The molecule has 1 heterocycles. The molecule has 168 valence electrons. The second-order valence-corrected chi connectivity index (χ2v) is 8.52. The van der Waals surface area contributed by atoms with Gasteiger partial charge in [-0.2, -0.15) is 0 Å². The van der Waals surface area contributed by atoms with Crippen molar-refractivity contribution < 1.29 is 19.7 Å². The number of ether oxygens (including phenoxy) is 1. The average molecular weight is 410 g/mol. The van der Waals surface area contributed by atoms with E-state index in [-0.39, 0.29) is 25.1 Å². The molecule has 1 aliphatic heterocycles. The molecule has 5 nitrogen and oxygen atoms in total. The highest BCUT2D eigenvalue weighted by Crippen LogP contribution is 2.31. The van der Waals surface area contributed by atoms with Crippen molar-refractivity contribution in [3.05, 3.63) is 12.2 Å². The Balaban J connectivity index is 2.08. The molecule has 29 heavy (non-hydrogen) atoms. The van der Waals surface area contributed by atoms with Crippen molar-refractivity contribution in [1.82, 2.24) is 0 Å². The Kier molecular flexibility index (Phi) is 13.9. The maximum Gasteiger partial charge on any atom is 0.305 e. The number of aliphatic imine (C=N–C) groups is 1. The molecule has 0 saturated carbocycles. The van der Waals surface area contributed by atoms with Gasteiger partial charge in [0.15, 0.2) is 0 Å². The van der Waals surface area contributed by atoms with E-state index in [0.29, 0.717) is 12.8 Å². The number of aliphatic hydroxyl groups excluding tert-OH is 2. The van der Waals surface area contributed by atoms with Crippen LogP contribution < -0.4 is 0 Å². The highest BCUT2D eigenvalue weighted by molar-refractivity contribution is 5.75. The van der Waals surface area contributed by atoms with E-state index >= 15 is 0 Å². The Hall–Kier alpha value is -1.20. The molecule has 2 N–H and O–H groups in total. The van der Waals surface area contributed by atoms with Crippen LogP contribution in [0.3, 0.4) is 0 Å². The summed E-state index contributed by atoms with van der Waals surface area (Å²) in [6.07, 6.45) is 19.1. The summed E-state index contributed by atoms with van der Waals surface area (Å²) in [4.78, 5) is 16.4. The fourth-order valence-electron chi connectivity index (χ4n) is 4.02. The summed E-state index contributed by atoms with van der Waals surface area (Å²) >= 11 is 0. The maximum atomic E-state index is 12.0. The quantitative estimate of drug-likeness (QED) is 0.247. The van der Waals surface area contributed by atoms with Gasteiger partial charge in [-0.05, 0) is 25.8 Å². The SMILES string of the molecule is CCCCCCCCCCCCCC(=O)OCC(O)C(CCO)C1(C)C=CC=N1. The minimum absolute atomic E-state index is 0.0344. The lowest BCUT2D eigenvalue weighted by atomic mass is 9.80. The fraction of sp³-hybridized carbons (Fsp3) is 0.833. The lowest BCUT2D eigenvalue weighted by Gasteiger charge is -2.33. The highest BCUT2D eigenvalue weighted by atomic mass is 16.5. The zero-order chi connectivity index (χ0) is 21.4. The monoisotopic (exact) mass is 409 g/mol. The number of hydrogen-bond acceptors (Lipinski definition) is 5. The number of carbonyl (C=O) groups excluding carboxylic acids is 1. The largest absolute Gasteiger partial charge is 0.463 e. The van der Waals surface area contributed by atoms with Crippen LogP contribution in [0.2, 0.25) is 0 Å². The number of nitrogens with zero attached hydrogens (tertiary/aromatic N) is 1. The smallest absolute Gasteiger partial charge is 0.305 e. The molecule has 1 aliphatic rings. The number of esters is 1. The predicted molar refractivity (Wildman–Crippen MR) is 119 cm³/mol. The van der Waals surface area contributed by atoms with Crippen molar-refractivity contribution >= 4 is 12.2 Å². The summed E-state index contributed by atoms with van der Waals surface area (Å²) in [7, 11) is 0. The zero-order valence-corrected chi connectivity index (χ0v) is 18.7. The Bertz CT molecular complexity index is 477. The van der Waals surface area contributed by atoms with Gasteiger partial charge in [0, 0.05) is 25.2 Å². The number of hydrogen-bond donors (Lipinski definition) is 2. The second-order valence-electron chi connectivity index (χ2n) is 8.52. The molecule has 0 fully saturated rings. The summed E-state index contributed by atoms with van der Waals surface area (Å²) in [5.41, 5.74) is -0.551. The summed E-state index contributed by atoms with van der Waals surface area (Å²) in [5.74, 6) is -0.532. The first kappa shape index (κ1) is 25.8. The van der Waals surface area contributed by atoms with E-state index in [1.165, 1.54) is 57.8 Å². The van der Waals surface area contributed by atoms with Crippen LogP contribution in [0.4, 0.5) is 0 Å². The maximum absolute atomic E-state index is 12.0. The van der Waals surface area contributed by atoms with Gasteiger partial charge in [-0.3, -0.25) is 9.79 Å². The molecule has 0 radical (unpaired) electrons. The number of unbranched alkanes of at least 4 members (excludes halogenated alkanes) is 10. The summed E-state index contributed by atoms with van der Waals surface area (Å²) in [6.45, 7) is 4.09. The fourth-order valence-corrected chi connectivity index (χ4v) is 4.02. The molecule has 0 saturated heterocycles. The van der Waals surface area contributed by atoms with E-state index in [1.807, 2.05) is 19.1 Å². The highest BCUT2D eigenvalue weighted by Gasteiger charge is 2.37. The molecule has 0 spiro atoms. The van der Waals surface area contributed by atoms with Crippen molar-refractivity contribution in [2.24, 2.45) is 10.9 Å². The van der Waals surface area contributed by atoms with Crippen LogP contribution in [0.1, 0.15) is 97.3 Å². The molecular weight excluding hydrogens is 366 g/mol. The summed E-state index contributed by atoms with van der Waals surface area (Å²) < 4.78 is 5.28. The first-order chi connectivity index (χ1) is 14.0. The molecule has 5 heteroatoms. The first-order valence-corrected chi connectivity index (χ1v) is 11.7. The molecule has 0 aliphatic carbocycles. The molecule has 0 bridgehead atoms. The minimum atomic E-state index is -0.840. The normalized spacial score (nSPS) is 20.1. The van der Waals surface area contributed by atoms with Gasteiger partial charge in [-0.25, -0.2) is 0 Å². The molecule has 3 unspecified atom stereocenters. The number of carbonyl (C=O) groups is 1. The first-order valence-electron chi connectivity index (χ1n) is 11.7. The summed E-state index contributed by atoms with van der Waals surface area (Å²) in [5, 5.41) is 19.8. The lowest BCUT2D eigenvalue weighted by Crippen LogP contribution is -2.41. The second kappa shape index (κ2) is 15.6. The predicted octanol–water partition coefficient (Wildman–Crippen LogP) is 4.99. The molecule has 0 amide bonds. The van der Waals surface area contributed by atoms with Crippen LogP contribution in [0.15, 0.2) is 17.1 Å². The van der Waals surface area contributed by atoms with Gasteiger partial charge in [0.1, 0.15) is 6.61 Å². The zero-order valence-electron chi connectivity index (χ0n) is 18.7. The molecule has 0 aromatic heterocycles. The van der Waals surface area contributed by atoms with Crippen LogP contribution in [0, 0.1) is 5.92 Å². The standard InChI is InChI=1S/C24H43NO4/c1-3-4-5-6-7-8-9-10-11-12-13-15-23(28)29-20-22(27)21(16-19-26)24(2)17-14-18-25-24/h14,17-18,21-22,26-27H,3-13,15-16,19-20H2,1-2H3. The average Bonchev–Trinajstić information content (AvgIpc) is 3.15. The van der Waals surface area contributed by atoms with Crippen LogP contribution in [-0.4, -0.2) is 47.3 Å². The van der Waals surface area contributed by atoms with Crippen molar-refractivity contribution in [1.29, 1.82) is 0 Å². The van der Waals surface area contributed by atoms with E-state index < -0.39 is 11.6 Å². The van der Waals surface area contributed by atoms with Gasteiger partial charge in [0.05, 0.1) is 11.6 Å². The Morgan fingerprint density at radius 2 is 1.62 bits per heavy atom. The number of allylic oxidation sites excluding steroid dienone is 1. The van der Waals surface area contributed by atoms with Crippen LogP contribution in [0.25, 0.3) is 0 Å². The third-order valence-corrected chi connectivity index (χ3v) is 5.93. The third kappa shape index (κ3) is 10.9. The van der Waals surface area contributed by atoms with Crippen LogP contribution >= 0.6 is 0 Å². The van der Waals surface area contributed by atoms with Gasteiger partial charge < -0.3 is 14.9 Å². The topological polar surface area (TPSA) is 79.1 Å². The van der Waals surface area contributed by atoms with E-state index in [4.69, 9.17) is 4.74 Å². The van der Waals surface area contributed by atoms with Crippen LogP contribution in [-0.2, 0) is 9.53 Å². The van der Waals surface area contributed by atoms with E-state index in [1.54, 1.807) is 6.21 Å². The van der Waals surface area contributed by atoms with Gasteiger partial charge in [-0.1, -0.05) is 77.2 Å². The molecule has 0 aromatic rings. The molecule has 1 rings (SSSR count). The summed E-state index contributed by atoms with van der Waals surface area (Å²) in [6, 6.07) is 0. The van der Waals surface area contributed by atoms with Gasteiger partial charge >= 0.3 is 5.97 Å². The van der Waals surface area contributed by atoms with E-state index in [0.717, 1.165) is 12.8 Å². The Labute approximate surface area is 177 Å². The third-order valence-electron chi connectivity index (χ3n) is 5.93. The van der Waals surface area contributed by atoms with Gasteiger partial charge in [0.25, 0.3) is 0 Å². The Morgan fingerprint density at radius 3 is 2.14 bits per heavy atom. The molecule has 3 atom stereocenters. The number of rotatable bonds is 18. The van der Waals surface area contributed by atoms with Gasteiger partial charge in [-0.15, -0.1) is 0 Å². The van der Waals surface area contributed by atoms with Crippen molar-refractivity contribution in [3.8, 4) is 0 Å². The Morgan fingerprint density at radius 1 is 1.03 bits per heavy atom. The van der Waals surface area contributed by atoms with Crippen LogP contribution in [0.5, 0.6) is 0 Å². The van der Waals surface area contributed by atoms with Gasteiger partial charge in [0.2, 0.25) is 0 Å². The molecular formula is C24H43NO4. The molecule has 0 aromatic carbocycles. The minimum Gasteiger partial charge on any atom is -0.463 e. The lowest BCUT2D eigenvalue weighted by molar-refractivity contribution is -0.148. The van der Waals surface area contributed by atoms with Crippen molar-refractivity contribution in [3.63, 3.8) is 0 Å². The van der Waals surface area contributed by atoms with Crippen molar-refractivity contribution in [2.75, 3.05) is 13.2 Å². The van der Waals surface area contributed by atoms with E-state index in [9.17, 15) is 15.0 Å².